The van der Waals surface area contributed by atoms with Gasteiger partial charge in [0.2, 0.25) is 11.5 Å². The second-order valence-electron chi connectivity index (χ2n) is 16.4. The maximum atomic E-state index is 14.5. The number of rotatable bonds is 2. The SMILES string of the molecule is CC1(C)CC[C@]2(C(=O)NCC(F)(F)F)CC[C@]3(C)[C@@H](C(=O)C=C4[C@@]5(C)[C@H]6O[C@@]6(C#N)C(=O)C(C)(C)[C@@H]5CC[C@]43C)C2C1. The molecule has 9 atom stereocenters. The fourth-order valence-corrected chi connectivity index (χ4v) is 11.2. The molecule has 6 rings (SSSR count). The number of allylic oxidation sites excluding steroid dienone is 1. The van der Waals surface area contributed by atoms with Gasteiger partial charge in [-0.15, -0.1) is 0 Å². The van der Waals surface area contributed by atoms with Gasteiger partial charge in [-0.2, -0.15) is 18.4 Å². The van der Waals surface area contributed by atoms with Crippen molar-refractivity contribution in [3.63, 3.8) is 0 Å². The Kier molecular flexibility index (Phi) is 5.88. The zero-order valence-electron chi connectivity index (χ0n) is 25.8. The molecule has 0 spiro atoms. The van der Waals surface area contributed by atoms with E-state index < -0.39 is 63.3 Å². The van der Waals surface area contributed by atoms with E-state index >= 15 is 0 Å². The zero-order chi connectivity index (χ0) is 31.1. The largest absolute Gasteiger partial charge is 0.405 e. The number of fused-ring (bicyclic) bond motifs is 9. The zero-order valence-corrected chi connectivity index (χ0v) is 25.8. The summed E-state index contributed by atoms with van der Waals surface area (Å²) in [5, 5.41) is 12.3. The van der Waals surface area contributed by atoms with Gasteiger partial charge < -0.3 is 10.1 Å². The number of Topliss-reactive ketones (excluding diaryl/α,β-unsaturated/α-hetero) is 1. The highest BCUT2D eigenvalue weighted by atomic mass is 19.4. The van der Waals surface area contributed by atoms with Gasteiger partial charge in [-0.25, -0.2) is 0 Å². The maximum Gasteiger partial charge on any atom is 0.405 e. The van der Waals surface area contributed by atoms with E-state index in [9.17, 15) is 32.8 Å². The van der Waals surface area contributed by atoms with Crippen LogP contribution in [0.4, 0.5) is 13.2 Å². The summed E-state index contributed by atoms with van der Waals surface area (Å²) in [7, 11) is 0. The van der Waals surface area contributed by atoms with Gasteiger partial charge in [-0.1, -0.05) is 54.0 Å². The number of hydrogen-bond donors (Lipinski definition) is 1. The number of carbonyl (C=O) groups excluding carboxylic acids is 3. The Bertz CT molecular complexity index is 1360. The molecule has 42 heavy (non-hydrogen) atoms. The molecule has 1 unspecified atom stereocenters. The van der Waals surface area contributed by atoms with Gasteiger partial charge in [0, 0.05) is 16.7 Å². The Hall–Kier alpha value is -2.21. The number of nitrogens with one attached hydrogen (secondary N) is 1. The molecule has 0 aromatic carbocycles. The summed E-state index contributed by atoms with van der Waals surface area (Å²) >= 11 is 0. The second kappa shape index (κ2) is 8.28. The van der Waals surface area contributed by atoms with Crippen molar-refractivity contribution in [2.24, 2.45) is 50.2 Å². The summed E-state index contributed by atoms with van der Waals surface area (Å²) in [6.45, 7) is 13.1. The summed E-state index contributed by atoms with van der Waals surface area (Å²) in [6.07, 6.45) is 0.788. The van der Waals surface area contributed by atoms with Crippen LogP contribution >= 0.6 is 0 Å². The van der Waals surface area contributed by atoms with Gasteiger partial charge in [-0.05, 0) is 79.1 Å². The van der Waals surface area contributed by atoms with Crippen LogP contribution < -0.4 is 5.32 Å². The highest BCUT2D eigenvalue weighted by Gasteiger charge is 2.82. The van der Waals surface area contributed by atoms with Gasteiger partial charge >= 0.3 is 6.18 Å². The summed E-state index contributed by atoms with van der Waals surface area (Å²) in [5.74, 6) is -1.86. The topological polar surface area (TPSA) is 99.6 Å². The quantitative estimate of drug-likeness (QED) is 0.393. The maximum absolute atomic E-state index is 14.5. The molecule has 230 valence electrons. The highest BCUT2D eigenvalue weighted by molar-refractivity contribution is 6.01. The molecule has 1 heterocycles. The van der Waals surface area contributed by atoms with Crippen molar-refractivity contribution in [2.75, 3.05) is 6.54 Å². The van der Waals surface area contributed by atoms with E-state index in [-0.39, 0.29) is 28.8 Å². The molecule has 9 heteroatoms. The van der Waals surface area contributed by atoms with Crippen LogP contribution in [0.5, 0.6) is 0 Å². The van der Waals surface area contributed by atoms with Gasteiger partial charge in [0.25, 0.3) is 0 Å². The summed E-state index contributed by atoms with van der Waals surface area (Å²) < 4.78 is 45.5. The third-order valence-corrected chi connectivity index (χ3v) is 13.6. The molecular weight excluding hydrogens is 545 g/mol. The van der Waals surface area contributed by atoms with Crippen molar-refractivity contribution in [1.82, 2.24) is 5.32 Å². The van der Waals surface area contributed by atoms with Crippen LogP contribution in [0.2, 0.25) is 0 Å². The molecule has 6 nitrogen and oxygen atoms in total. The molecule has 1 saturated heterocycles. The second-order valence-corrected chi connectivity index (χ2v) is 16.4. The van der Waals surface area contributed by atoms with Crippen molar-refractivity contribution < 1.29 is 32.3 Å². The van der Waals surface area contributed by atoms with Crippen molar-refractivity contribution >= 4 is 17.5 Å². The van der Waals surface area contributed by atoms with Crippen LogP contribution in [0.1, 0.15) is 93.4 Å². The number of nitrogens with zero attached hydrogens (tertiary/aromatic N) is 1. The number of amides is 1. The van der Waals surface area contributed by atoms with Crippen molar-refractivity contribution in [2.45, 2.75) is 111 Å². The predicted molar refractivity (Wildman–Crippen MR) is 147 cm³/mol. The van der Waals surface area contributed by atoms with Gasteiger partial charge in [0.1, 0.15) is 18.7 Å². The average molecular weight is 589 g/mol. The standard InChI is InChI=1S/C33H43F3N2O4/c1-26(2)10-12-31(25(41)38-17-33(34,35)36)13-11-29(6)22(18(31)15-26)19(39)14-21-28(29,5)9-8-20-27(3,4)23(40)32(16-37)24(42-32)30(20,21)7/h14,18,20,22,24H,8-13,15,17H2,1-7H3,(H,38,41)/t18?,20-,22+,24+,28+,29+,30-,31-,32-/m0/s1. The monoisotopic (exact) mass is 588 g/mol. The molecule has 1 amide bonds. The predicted octanol–water partition coefficient (Wildman–Crippen LogP) is 6.10. The summed E-state index contributed by atoms with van der Waals surface area (Å²) in [4.78, 5) is 41.8. The molecule has 0 radical (unpaired) electrons. The molecule has 5 aliphatic carbocycles. The molecule has 4 saturated carbocycles. The summed E-state index contributed by atoms with van der Waals surface area (Å²) in [6, 6.07) is 2.18. The number of ether oxygens (including phenoxy) is 1. The van der Waals surface area contributed by atoms with Gasteiger partial charge in [0.05, 0.1) is 5.41 Å². The van der Waals surface area contributed by atoms with Crippen LogP contribution in [-0.2, 0) is 19.1 Å². The lowest BCUT2D eigenvalue weighted by Crippen LogP contribution is -2.68. The molecule has 1 aliphatic heterocycles. The molecule has 6 aliphatic rings. The van der Waals surface area contributed by atoms with Gasteiger partial charge in [-0.3, -0.25) is 14.4 Å². The minimum atomic E-state index is -4.52. The lowest BCUT2D eigenvalue weighted by atomic mass is 9.33. The van der Waals surface area contributed by atoms with E-state index in [2.05, 4.69) is 46.0 Å². The Morgan fingerprint density at radius 3 is 2.31 bits per heavy atom. The van der Waals surface area contributed by atoms with Crippen LogP contribution in [0.15, 0.2) is 11.6 Å². The van der Waals surface area contributed by atoms with Gasteiger partial charge in [0.15, 0.2) is 11.6 Å². The fourth-order valence-electron chi connectivity index (χ4n) is 11.2. The van der Waals surface area contributed by atoms with Crippen molar-refractivity contribution in [3.8, 4) is 6.07 Å². The number of carbonyl (C=O) groups is 3. The first kappa shape index (κ1) is 29.8. The first-order valence-corrected chi connectivity index (χ1v) is 15.4. The Morgan fingerprint density at radius 2 is 1.69 bits per heavy atom. The van der Waals surface area contributed by atoms with Crippen molar-refractivity contribution in [1.29, 1.82) is 5.26 Å². The van der Waals surface area contributed by atoms with E-state index in [0.29, 0.717) is 32.1 Å². The van der Waals surface area contributed by atoms with Crippen LogP contribution in [-0.4, -0.2) is 41.9 Å². The molecule has 1 N–H and O–H groups in total. The van der Waals surface area contributed by atoms with E-state index in [1.54, 1.807) is 6.08 Å². The first-order valence-electron chi connectivity index (χ1n) is 15.4. The van der Waals surface area contributed by atoms with Crippen LogP contribution in [0.3, 0.4) is 0 Å². The van der Waals surface area contributed by atoms with Crippen LogP contribution in [0, 0.1) is 61.6 Å². The van der Waals surface area contributed by atoms with E-state index in [1.807, 2.05) is 13.8 Å². The van der Waals surface area contributed by atoms with E-state index in [4.69, 9.17) is 4.74 Å². The minimum absolute atomic E-state index is 0.0832. The lowest BCUT2D eigenvalue weighted by Gasteiger charge is -2.69. The number of alkyl halides is 3. The summed E-state index contributed by atoms with van der Waals surface area (Å²) in [5.41, 5.74) is -4.28. The minimum Gasteiger partial charge on any atom is -0.346 e. The normalized spacial score (nSPS) is 48.3. The smallest absolute Gasteiger partial charge is 0.346 e. The van der Waals surface area contributed by atoms with Crippen LogP contribution in [0.25, 0.3) is 0 Å². The Labute approximate surface area is 246 Å². The lowest BCUT2D eigenvalue weighted by molar-refractivity contribution is -0.183. The molecule has 0 aromatic heterocycles. The van der Waals surface area contributed by atoms with E-state index in [0.717, 1.165) is 18.4 Å². The molecular formula is C33H43F3N2O4. The number of ketones is 2. The molecule has 5 fully saturated rings. The number of nitriles is 1. The van der Waals surface area contributed by atoms with Crippen molar-refractivity contribution in [3.05, 3.63) is 11.6 Å². The third kappa shape index (κ3) is 3.45. The van der Waals surface area contributed by atoms with E-state index in [1.165, 1.54) is 0 Å². The molecule has 0 aromatic rings. The number of halogens is 3. The average Bonchev–Trinajstić information content (AvgIpc) is 3.64. The molecule has 0 bridgehead atoms. The number of epoxide rings is 1. The fraction of sp³-hybridized carbons (Fsp3) is 0.818. The first-order chi connectivity index (χ1) is 19.2. The Morgan fingerprint density at radius 1 is 1.05 bits per heavy atom. The Balaban J connectivity index is 1.47. The highest BCUT2D eigenvalue weighted by Crippen LogP contribution is 2.77. The third-order valence-electron chi connectivity index (χ3n) is 13.6. The number of hydrogen-bond acceptors (Lipinski definition) is 5.